The average Bonchev–Trinajstić information content (AvgIpc) is 3.13. The zero-order valence-electron chi connectivity index (χ0n) is 16.1. The maximum atomic E-state index is 12.8. The van der Waals surface area contributed by atoms with Gasteiger partial charge in [0.05, 0.1) is 12.2 Å². The third-order valence-corrected chi connectivity index (χ3v) is 5.47. The molecule has 144 valence electrons. The molecule has 0 unspecified atom stereocenters. The summed E-state index contributed by atoms with van der Waals surface area (Å²) in [6.45, 7) is 5.85. The number of thiophene rings is 1. The van der Waals surface area contributed by atoms with Gasteiger partial charge in [0.1, 0.15) is 5.00 Å². The van der Waals surface area contributed by atoms with Crippen LogP contribution in [0.4, 0.5) is 5.00 Å². The Bertz CT molecular complexity index is 965. The van der Waals surface area contributed by atoms with E-state index in [4.69, 9.17) is 4.74 Å². The molecule has 2 heterocycles. The van der Waals surface area contributed by atoms with Gasteiger partial charge < -0.3 is 10.1 Å². The molecule has 0 fully saturated rings. The summed E-state index contributed by atoms with van der Waals surface area (Å²) in [6.07, 6.45) is 3.74. The van der Waals surface area contributed by atoms with Gasteiger partial charge in [-0.3, -0.25) is 4.79 Å². The maximum Gasteiger partial charge on any atom is 0.341 e. The normalized spacial score (nSPS) is 11.7. The second kappa shape index (κ2) is 8.80. The summed E-state index contributed by atoms with van der Waals surface area (Å²) >= 11 is 1.37. The van der Waals surface area contributed by atoms with E-state index in [1.807, 2.05) is 73.3 Å². The molecule has 0 spiro atoms. The van der Waals surface area contributed by atoms with Crippen molar-refractivity contribution in [2.24, 2.45) is 0 Å². The quantitative estimate of drug-likeness (QED) is 0.497. The van der Waals surface area contributed by atoms with E-state index in [0.717, 1.165) is 16.0 Å². The van der Waals surface area contributed by atoms with Crippen molar-refractivity contribution in [1.82, 2.24) is 0 Å². The lowest BCUT2D eigenvalue weighted by Gasteiger charge is -2.09. The van der Waals surface area contributed by atoms with Crippen molar-refractivity contribution >= 4 is 28.2 Å². The Kier molecular flexibility index (Phi) is 6.21. The van der Waals surface area contributed by atoms with Crippen molar-refractivity contribution in [1.29, 1.82) is 0 Å². The summed E-state index contributed by atoms with van der Waals surface area (Å²) in [7, 11) is 0. The smallest absolute Gasteiger partial charge is 0.341 e. The van der Waals surface area contributed by atoms with Gasteiger partial charge in [-0.25, -0.2) is 4.79 Å². The van der Waals surface area contributed by atoms with Gasteiger partial charge in [0.2, 0.25) is 6.04 Å². The molecule has 0 aliphatic heterocycles. The fraction of sp³-hybridized carbons (Fsp3) is 0.227. The number of anilines is 1. The molecule has 28 heavy (non-hydrogen) atoms. The lowest BCUT2D eigenvalue weighted by Crippen LogP contribution is -2.44. The Labute approximate surface area is 168 Å². The number of esters is 1. The summed E-state index contributed by atoms with van der Waals surface area (Å²) in [5.41, 5.74) is 2.49. The Morgan fingerprint density at radius 1 is 1.14 bits per heavy atom. The standard InChI is InChI=1S/C22H22N2O3S/c1-4-27-22(26)18-14-19(17-8-6-5-7-9-17)28-21(18)23-20(25)16(3)24-12-10-15(2)11-13-24/h5-14,16H,4H2,1-3H3/p+1/t16-/m1/s1. The monoisotopic (exact) mass is 395 g/mol. The number of benzene rings is 1. The van der Waals surface area contributed by atoms with Crippen molar-refractivity contribution in [2.75, 3.05) is 11.9 Å². The van der Waals surface area contributed by atoms with E-state index in [2.05, 4.69) is 5.32 Å². The molecule has 0 bridgehead atoms. The molecule has 2 aromatic heterocycles. The minimum absolute atomic E-state index is 0.194. The maximum absolute atomic E-state index is 12.8. The number of aromatic nitrogens is 1. The van der Waals surface area contributed by atoms with Gasteiger partial charge >= 0.3 is 5.97 Å². The van der Waals surface area contributed by atoms with Gasteiger partial charge in [-0.15, -0.1) is 11.3 Å². The molecule has 5 nitrogen and oxygen atoms in total. The largest absolute Gasteiger partial charge is 0.462 e. The zero-order valence-corrected chi connectivity index (χ0v) is 17.0. The summed E-state index contributed by atoms with van der Waals surface area (Å²) in [4.78, 5) is 26.1. The topological polar surface area (TPSA) is 59.3 Å². The molecule has 1 atom stereocenters. The van der Waals surface area contributed by atoms with E-state index in [1.54, 1.807) is 13.0 Å². The fourth-order valence-corrected chi connectivity index (χ4v) is 3.77. The van der Waals surface area contributed by atoms with Crippen molar-refractivity contribution < 1.29 is 18.9 Å². The third-order valence-electron chi connectivity index (χ3n) is 4.37. The number of ether oxygens (including phenoxy) is 1. The molecule has 1 aromatic carbocycles. The first-order chi connectivity index (χ1) is 13.5. The van der Waals surface area contributed by atoms with Gasteiger partial charge in [-0.1, -0.05) is 30.3 Å². The lowest BCUT2D eigenvalue weighted by atomic mass is 10.1. The number of pyridine rings is 1. The highest BCUT2D eigenvalue weighted by molar-refractivity contribution is 7.20. The molecule has 1 N–H and O–H groups in total. The predicted octanol–water partition coefficient (Wildman–Crippen LogP) is 4.39. The highest BCUT2D eigenvalue weighted by Crippen LogP contribution is 2.36. The van der Waals surface area contributed by atoms with Gasteiger partial charge in [-0.05, 0) is 31.0 Å². The van der Waals surface area contributed by atoms with Crippen LogP contribution in [-0.4, -0.2) is 18.5 Å². The van der Waals surface area contributed by atoms with Crippen LogP contribution in [0.25, 0.3) is 10.4 Å². The highest BCUT2D eigenvalue weighted by Gasteiger charge is 2.26. The van der Waals surface area contributed by atoms with E-state index in [1.165, 1.54) is 11.3 Å². The van der Waals surface area contributed by atoms with E-state index in [0.29, 0.717) is 10.6 Å². The van der Waals surface area contributed by atoms with Crippen LogP contribution in [0.3, 0.4) is 0 Å². The molecule has 3 aromatic rings. The van der Waals surface area contributed by atoms with Gasteiger partial charge in [0.25, 0.3) is 5.91 Å². The fourth-order valence-electron chi connectivity index (χ4n) is 2.71. The van der Waals surface area contributed by atoms with Crippen LogP contribution in [-0.2, 0) is 9.53 Å². The first-order valence-corrected chi connectivity index (χ1v) is 9.96. The molecular weight excluding hydrogens is 372 g/mol. The van der Waals surface area contributed by atoms with Gasteiger partial charge in [-0.2, -0.15) is 4.57 Å². The van der Waals surface area contributed by atoms with Gasteiger partial charge in [0, 0.05) is 23.9 Å². The van der Waals surface area contributed by atoms with Crippen molar-refractivity contribution in [3.63, 3.8) is 0 Å². The Balaban J connectivity index is 1.88. The Hall–Kier alpha value is -2.99. The van der Waals surface area contributed by atoms with Crippen LogP contribution >= 0.6 is 11.3 Å². The molecule has 0 aliphatic carbocycles. The predicted molar refractivity (Wildman–Crippen MR) is 110 cm³/mol. The zero-order chi connectivity index (χ0) is 20.1. The first kappa shape index (κ1) is 19.8. The van der Waals surface area contributed by atoms with E-state index >= 15 is 0 Å². The van der Waals surface area contributed by atoms with Crippen LogP contribution in [0.2, 0.25) is 0 Å². The van der Waals surface area contributed by atoms with E-state index < -0.39 is 12.0 Å². The third kappa shape index (κ3) is 4.46. The minimum Gasteiger partial charge on any atom is -0.462 e. The van der Waals surface area contributed by atoms with E-state index in [-0.39, 0.29) is 12.5 Å². The molecule has 0 saturated carbocycles. The summed E-state index contributed by atoms with van der Waals surface area (Å²) in [6, 6.07) is 15.0. The van der Waals surface area contributed by atoms with Crippen molar-refractivity contribution in [3.05, 3.63) is 72.1 Å². The molecule has 3 rings (SSSR count). The van der Waals surface area contributed by atoms with Crippen LogP contribution in [0.15, 0.2) is 60.9 Å². The second-order valence-corrected chi connectivity index (χ2v) is 7.48. The molecule has 1 amide bonds. The molecular formula is C22H23N2O3S+. The van der Waals surface area contributed by atoms with Crippen molar-refractivity contribution in [2.45, 2.75) is 26.8 Å². The average molecular weight is 396 g/mol. The minimum atomic E-state index is -0.438. The molecule has 0 radical (unpaired) electrons. The van der Waals surface area contributed by atoms with Crippen molar-refractivity contribution in [3.8, 4) is 10.4 Å². The van der Waals surface area contributed by atoms with E-state index in [9.17, 15) is 9.59 Å². The highest BCUT2D eigenvalue weighted by atomic mass is 32.1. The number of aryl methyl sites for hydroxylation is 1. The first-order valence-electron chi connectivity index (χ1n) is 9.14. The van der Waals surface area contributed by atoms with Crippen LogP contribution < -0.4 is 9.88 Å². The number of hydrogen-bond acceptors (Lipinski definition) is 4. The van der Waals surface area contributed by atoms with Crippen LogP contribution in [0.1, 0.15) is 35.8 Å². The molecule has 6 heteroatoms. The summed E-state index contributed by atoms with van der Waals surface area (Å²) in [5.74, 6) is -0.632. The number of nitrogens with one attached hydrogen (secondary N) is 1. The SMILES string of the molecule is CCOC(=O)c1cc(-c2ccccc2)sc1NC(=O)[C@@H](C)[n+]1ccc(C)cc1. The Morgan fingerprint density at radius 2 is 1.82 bits per heavy atom. The Morgan fingerprint density at radius 3 is 2.46 bits per heavy atom. The number of rotatable bonds is 6. The van der Waals surface area contributed by atoms with Gasteiger partial charge in [0.15, 0.2) is 12.4 Å². The summed E-state index contributed by atoms with van der Waals surface area (Å²) < 4.78 is 7.00. The second-order valence-electron chi connectivity index (χ2n) is 6.43. The van der Waals surface area contributed by atoms with Crippen LogP contribution in [0.5, 0.6) is 0 Å². The number of amides is 1. The lowest BCUT2D eigenvalue weighted by molar-refractivity contribution is -0.705. The molecule has 0 saturated heterocycles. The number of hydrogen-bond donors (Lipinski definition) is 1. The number of nitrogens with zero attached hydrogens (tertiary/aromatic N) is 1. The molecule has 0 aliphatic rings. The number of carbonyl (C=O) groups excluding carboxylic acids is 2. The van der Waals surface area contributed by atoms with Crippen LogP contribution in [0, 0.1) is 6.92 Å². The number of carbonyl (C=O) groups is 2. The summed E-state index contributed by atoms with van der Waals surface area (Å²) in [5, 5.41) is 3.41.